The van der Waals surface area contributed by atoms with Gasteiger partial charge in [0, 0.05) is 23.0 Å². The number of aromatic amines is 1. The van der Waals surface area contributed by atoms with E-state index in [2.05, 4.69) is 15.5 Å². The van der Waals surface area contributed by atoms with Gasteiger partial charge in [0.05, 0.1) is 6.20 Å². The Labute approximate surface area is 145 Å². The third kappa shape index (κ3) is 4.90. The molecule has 1 heterocycles. The lowest BCUT2D eigenvalue weighted by Gasteiger charge is -2.20. The first-order chi connectivity index (χ1) is 11.7. The van der Waals surface area contributed by atoms with Gasteiger partial charge >= 0.3 is 5.97 Å². The summed E-state index contributed by atoms with van der Waals surface area (Å²) in [6.07, 6.45) is 3.32. The highest BCUT2D eigenvalue weighted by Crippen LogP contribution is 2.25. The molecule has 1 aromatic carbocycles. The molecule has 2 aromatic rings. The van der Waals surface area contributed by atoms with Crippen molar-refractivity contribution in [1.29, 1.82) is 5.41 Å². The topological polar surface area (TPSA) is 134 Å². The van der Waals surface area contributed by atoms with Crippen LogP contribution >= 0.6 is 0 Å². The molecule has 0 saturated carbocycles. The number of anilines is 1. The van der Waals surface area contributed by atoms with E-state index in [0.717, 1.165) is 11.1 Å². The fourth-order valence-corrected chi connectivity index (χ4v) is 2.17. The van der Waals surface area contributed by atoms with Crippen molar-refractivity contribution in [3.8, 4) is 11.1 Å². The quantitative estimate of drug-likeness (QED) is 0.468. The van der Waals surface area contributed by atoms with Gasteiger partial charge in [0.15, 0.2) is 0 Å². The number of carbonyl (C=O) groups is 2. The number of aromatic nitrogens is 2. The molecular weight excluding hydrogens is 322 g/mol. The van der Waals surface area contributed by atoms with Gasteiger partial charge in [-0.2, -0.15) is 5.10 Å². The number of nitrogens with zero attached hydrogens (tertiary/aromatic N) is 1. The molecule has 0 aliphatic heterocycles. The zero-order valence-corrected chi connectivity index (χ0v) is 14.3. The Kier molecular flexibility index (Phi) is 5.21. The summed E-state index contributed by atoms with van der Waals surface area (Å²) in [5.74, 6) is -1.30. The SMILES string of the molecule is CC(C)(C)OC(=O)CNc1ccc(-c2cn[nH]c2)cc1C(=N)C(N)=O. The number of H-pyrrole nitrogens is 1. The minimum absolute atomic E-state index is 0.0959. The maximum atomic E-state index is 11.9. The van der Waals surface area contributed by atoms with Gasteiger partial charge in [0.25, 0.3) is 5.91 Å². The van der Waals surface area contributed by atoms with E-state index in [1.54, 1.807) is 51.4 Å². The predicted octanol–water partition coefficient (Wildman–Crippen LogP) is 1.68. The van der Waals surface area contributed by atoms with Gasteiger partial charge in [-0.05, 0) is 38.5 Å². The van der Waals surface area contributed by atoms with Crippen molar-refractivity contribution in [2.75, 3.05) is 11.9 Å². The number of amides is 1. The summed E-state index contributed by atoms with van der Waals surface area (Å²) < 4.78 is 5.23. The zero-order chi connectivity index (χ0) is 18.6. The van der Waals surface area contributed by atoms with Crippen molar-refractivity contribution in [3.63, 3.8) is 0 Å². The van der Waals surface area contributed by atoms with Crippen LogP contribution in [0.15, 0.2) is 30.6 Å². The van der Waals surface area contributed by atoms with E-state index in [0.29, 0.717) is 11.3 Å². The lowest BCUT2D eigenvalue weighted by atomic mass is 10.0. The normalized spacial score (nSPS) is 11.0. The molecule has 0 radical (unpaired) electrons. The van der Waals surface area contributed by atoms with Gasteiger partial charge < -0.3 is 15.8 Å². The highest BCUT2D eigenvalue weighted by Gasteiger charge is 2.18. The van der Waals surface area contributed by atoms with E-state index < -0.39 is 17.5 Å². The predicted molar refractivity (Wildman–Crippen MR) is 94.4 cm³/mol. The standard InChI is InChI=1S/C17H21N5O3/c1-17(2,3)25-14(23)9-20-13-5-4-10(11-7-21-22-8-11)6-12(13)15(18)16(19)24/h4-8,18,20H,9H2,1-3H3,(H2,19,24)(H,21,22). The summed E-state index contributed by atoms with van der Waals surface area (Å²) in [4.78, 5) is 23.3. The van der Waals surface area contributed by atoms with Crippen LogP contribution in [0, 0.1) is 5.41 Å². The first kappa shape index (κ1) is 18.2. The number of hydrogen-bond donors (Lipinski definition) is 4. The number of hydrogen-bond acceptors (Lipinski definition) is 6. The monoisotopic (exact) mass is 343 g/mol. The van der Waals surface area contributed by atoms with Crippen LogP contribution in [0.4, 0.5) is 5.69 Å². The molecule has 0 aliphatic carbocycles. The van der Waals surface area contributed by atoms with Crippen molar-refractivity contribution < 1.29 is 14.3 Å². The number of esters is 1. The number of ether oxygens (including phenoxy) is 1. The van der Waals surface area contributed by atoms with E-state index in [1.807, 2.05) is 0 Å². The van der Waals surface area contributed by atoms with E-state index in [9.17, 15) is 9.59 Å². The Hall–Kier alpha value is -3.16. The van der Waals surface area contributed by atoms with Gasteiger partial charge in [0.1, 0.15) is 17.9 Å². The Balaban J connectivity index is 2.26. The summed E-state index contributed by atoms with van der Waals surface area (Å²) in [5.41, 5.74) is 6.61. The molecule has 1 aromatic heterocycles. The minimum atomic E-state index is -0.857. The summed E-state index contributed by atoms with van der Waals surface area (Å²) in [6.45, 7) is 5.23. The number of rotatable bonds is 6. The van der Waals surface area contributed by atoms with Crippen LogP contribution in [0.2, 0.25) is 0 Å². The summed E-state index contributed by atoms with van der Waals surface area (Å²) in [5, 5.41) is 17.4. The van der Waals surface area contributed by atoms with Crippen molar-refractivity contribution in [2.45, 2.75) is 26.4 Å². The van der Waals surface area contributed by atoms with Crippen LogP contribution in [-0.2, 0) is 14.3 Å². The molecule has 2 rings (SSSR count). The average Bonchev–Trinajstić information content (AvgIpc) is 3.04. The van der Waals surface area contributed by atoms with Gasteiger partial charge in [-0.25, -0.2) is 0 Å². The largest absolute Gasteiger partial charge is 0.459 e. The second-order valence-electron chi connectivity index (χ2n) is 6.43. The van der Waals surface area contributed by atoms with E-state index >= 15 is 0 Å². The Morgan fingerprint density at radius 1 is 1.32 bits per heavy atom. The van der Waals surface area contributed by atoms with Crippen LogP contribution < -0.4 is 11.1 Å². The smallest absolute Gasteiger partial charge is 0.325 e. The molecule has 0 aliphatic rings. The Bertz CT molecular complexity index is 791. The molecule has 5 N–H and O–H groups in total. The summed E-state index contributed by atoms with van der Waals surface area (Å²) in [6, 6.07) is 5.12. The van der Waals surface area contributed by atoms with Gasteiger partial charge in [-0.3, -0.25) is 20.1 Å². The first-order valence-electron chi connectivity index (χ1n) is 7.65. The number of carbonyl (C=O) groups excluding carboxylic acids is 2. The number of nitrogens with one attached hydrogen (secondary N) is 3. The van der Waals surface area contributed by atoms with Gasteiger partial charge in [-0.15, -0.1) is 0 Å². The van der Waals surface area contributed by atoms with Crippen LogP contribution in [-0.4, -0.2) is 39.9 Å². The molecule has 0 bridgehead atoms. The Morgan fingerprint density at radius 2 is 2.04 bits per heavy atom. The van der Waals surface area contributed by atoms with Crippen LogP contribution in [0.1, 0.15) is 26.3 Å². The van der Waals surface area contributed by atoms with Crippen LogP contribution in [0.5, 0.6) is 0 Å². The number of benzene rings is 1. The van der Waals surface area contributed by atoms with E-state index in [4.69, 9.17) is 15.9 Å². The first-order valence-corrected chi connectivity index (χ1v) is 7.65. The minimum Gasteiger partial charge on any atom is -0.459 e. The average molecular weight is 343 g/mol. The van der Waals surface area contributed by atoms with Crippen LogP contribution in [0.3, 0.4) is 0 Å². The van der Waals surface area contributed by atoms with Crippen molar-refractivity contribution in [1.82, 2.24) is 10.2 Å². The fraction of sp³-hybridized carbons (Fsp3) is 0.294. The van der Waals surface area contributed by atoms with Gasteiger partial charge in [0.2, 0.25) is 0 Å². The Morgan fingerprint density at radius 3 is 2.60 bits per heavy atom. The molecule has 0 unspecified atom stereocenters. The highest BCUT2D eigenvalue weighted by molar-refractivity contribution is 6.44. The number of primary amides is 1. The molecule has 8 nitrogen and oxygen atoms in total. The van der Waals surface area contributed by atoms with Crippen molar-refractivity contribution in [3.05, 3.63) is 36.2 Å². The molecular formula is C17H21N5O3. The third-order valence-electron chi connectivity index (χ3n) is 3.21. The molecule has 1 amide bonds. The second kappa shape index (κ2) is 7.16. The molecule has 8 heteroatoms. The molecule has 0 atom stereocenters. The van der Waals surface area contributed by atoms with E-state index in [1.165, 1.54) is 0 Å². The molecule has 132 valence electrons. The maximum Gasteiger partial charge on any atom is 0.325 e. The number of nitrogens with two attached hydrogens (primary N) is 1. The summed E-state index contributed by atoms with van der Waals surface area (Å²) >= 11 is 0. The molecule has 0 spiro atoms. The molecule has 0 fully saturated rings. The lowest BCUT2D eigenvalue weighted by molar-refractivity contribution is -0.152. The maximum absolute atomic E-state index is 11.9. The second-order valence-corrected chi connectivity index (χ2v) is 6.43. The fourth-order valence-electron chi connectivity index (χ4n) is 2.17. The lowest BCUT2D eigenvalue weighted by Crippen LogP contribution is -2.29. The third-order valence-corrected chi connectivity index (χ3v) is 3.21. The van der Waals surface area contributed by atoms with Crippen LogP contribution in [0.25, 0.3) is 11.1 Å². The molecule has 25 heavy (non-hydrogen) atoms. The van der Waals surface area contributed by atoms with Crippen molar-refractivity contribution >= 4 is 23.3 Å². The van der Waals surface area contributed by atoms with Gasteiger partial charge in [-0.1, -0.05) is 6.07 Å². The van der Waals surface area contributed by atoms with E-state index in [-0.39, 0.29) is 12.3 Å². The highest BCUT2D eigenvalue weighted by atomic mass is 16.6. The molecule has 0 saturated heterocycles. The summed E-state index contributed by atoms with van der Waals surface area (Å²) in [7, 11) is 0. The zero-order valence-electron chi connectivity index (χ0n) is 14.3. The van der Waals surface area contributed by atoms with Crippen molar-refractivity contribution in [2.24, 2.45) is 5.73 Å².